The predicted octanol–water partition coefficient (Wildman–Crippen LogP) is 4.63. The van der Waals surface area contributed by atoms with Crippen molar-refractivity contribution in [3.63, 3.8) is 0 Å². The molecule has 0 bridgehead atoms. The van der Waals surface area contributed by atoms with Crippen molar-refractivity contribution in [1.82, 2.24) is 14.3 Å². The average molecular weight is 404 g/mol. The van der Waals surface area contributed by atoms with E-state index < -0.39 is 16.1 Å². The third kappa shape index (κ3) is 3.61. The second-order valence-corrected chi connectivity index (χ2v) is 9.18. The summed E-state index contributed by atoms with van der Waals surface area (Å²) in [7, 11) is -3.66. The Morgan fingerprint density at radius 3 is 2.56 bits per heavy atom. The Morgan fingerprint density at radius 2 is 1.93 bits per heavy atom. The fourth-order valence-electron chi connectivity index (χ4n) is 3.47. The summed E-state index contributed by atoms with van der Waals surface area (Å²) in [5.74, 6) is 1.38. The number of aromatic nitrogens is 2. The number of fused-ring (bicyclic) bond motifs is 1. The van der Waals surface area contributed by atoms with Crippen LogP contribution in [0.4, 0.5) is 0 Å². The fourth-order valence-corrected chi connectivity index (χ4v) is 4.79. The van der Waals surface area contributed by atoms with Gasteiger partial charge in [0, 0.05) is 11.6 Å². The van der Waals surface area contributed by atoms with Crippen LogP contribution in [0.3, 0.4) is 0 Å². The molecule has 1 heterocycles. The molecule has 1 unspecified atom stereocenters. The van der Waals surface area contributed by atoms with Crippen molar-refractivity contribution in [2.24, 2.45) is 0 Å². The van der Waals surface area contributed by atoms with E-state index in [1.807, 2.05) is 13.8 Å². The number of aryl methyl sites for hydroxylation is 1. The first-order chi connectivity index (χ1) is 12.9. The number of hydrogen-bond acceptors (Lipinski definition) is 3. The molecule has 0 amide bonds. The monoisotopic (exact) mass is 403 g/mol. The molecule has 142 valence electrons. The molecule has 1 atom stereocenters. The van der Waals surface area contributed by atoms with Crippen molar-refractivity contribution in [2.75, 3.05) is 0 Å². The minimum Gasteiger partial charge on any atom is -0.327 e. The summed E-state index contributed by atoms with van der Waals surface area (Å²) in [5, 5.41) is 0.501. The van der Waals surface area contributed by atoms with E-state index in [1.54, 1.807) is 12.1 Å². The van der Waals surface area contributed by atoms with Crippen LogP contribution in [0, 0.1) is 0 Å². The lowest BCUT2D eigenvalue weighted by Crippen LogP contribution is -2.28. The number of nitrogens with one attached hydrogen (secondary N) is 1. The summed E-state index contributed by atoms with van der Waals surface area (Å²) in [6.45, 7) is 4.59. The Morgan fingerprint density at radius 1 is 1.22 bits per heavy atom. The molecule has 1 N–H and O–H groups in total. The normalized spacial score (nSPS) is 16.0. The van der Waals surface area contributed by atoms with Crippen molar-refractivity contribution in [2.45, 2.75) is 50.1 Å². The van der Waals surface area contributed by atoms with Gasteiger partial charge in [0.05, 0.1) is 22.0 Å². The van der Waals surface area contributed by atoms with E-state index in [9.17, 15) is 8.42 Å². The molecule has 7 heteroatoms. The lowest BCUT2D eigenvalue weighted by molar-refractivity contribution is 0.549. The Kier molecular flexibility index (Phi) is 4.74. The molecule has 3 aromatic rings. The quantitative estimate of drug-likeness (QED) is 0.652. The van der Waals surface area contributed by atoms with Gasteiger partial charge in [-0.2, -0.15) is 0 Å². The zero-order valence-electron chi connectivity index (χ0n) is 15.3. The van der Waals surface area contributed by atoms with Gasteiger partial charge in [0.1, 0.15) is 5.82 Å². The van der Waals surface area contributed by atoms with Crippen LogP contribution >= 0.6 is 11.6 Å². The van der Waals surface area contributed by atoms with Gasteiger partial charge in [0.15, 0.2) is 0 Å². The van der Waals surface area contributed by atoms with E-state index in [4.69, 9.17) is 16.6 Å². The van der Waals surface area contributed by atoms with Gasteiger partial charge in [-0.15, -0.1) is 0 Å². The standard InChI is InChI=1S/C20H22ClN3O2S/c1-3-24-19-11-6-15(14-4-5-14)12-18(19)22-20(24)13(2)23-27(25,26)17-9-7-16(21)8-10-17/h6-14,23H,3-5H2,1-2H3. The van der Waals surface area contributed by atoms with Crippen LogP contribution in [-0.4, -0.2) is 18.0 Å². The SMILES string of the molecule is CCn1c(C(C)NS(=O)(=O)c2ccc(Cl)cc2)nc2cc(C3CC3)ccc21. The molecule has 1 fully saturated rings. The van der Waals surface area contributed by atoms with Crippen LogP contribution in [0.1, 0.15) is 50.0 Å². The number of benzene rings is 2. The molecule has 1 aromatic heterocycles. The zero-order chi connectivity index (χ0) is 19.2. The fraction of sp³-hybridized carbons (Fsp3) is 0.350. The van der Waals surface area contributed by atoms with Gasteiger partial charge in [-0.25, -0.2) is 18.1 Å². The van der Waals surface area contributed by atoms with Crippen LogP contribution in [0.25, 0.3) is 11.0 Å². The van der Waals surface area contributed by atoms with Crippen LogP contribution in [0.2, 0.25) is 5.02 Å². The van der Waals surface area contributed by atoms with Gasteiger partial charge in [-0.05, 0) is 74.6 Å². The van der Waals surface area contributed by atoms with Crippen molar-refractivity contribution in [3.05, 3.63) is 58.9 Å². The summed E-state index contributed by atoms with van der Waals surface area (Å²) >= 11 is 5.86. The molecule has 0 spiro atoms. The first kappa shape index (κ1) is 18.5. The maximum Gasteiger partial charge on any atom is 0.241 e. The third-order valence-corrected chi connectivity index (χ3v) is 6.82. The number of hydrogen-bond donors (Lipinski definition) is 1. The number of halogens is 1. The Labute approximate surface area is 164 Å². The Hall–Kier alpha value is -1.89. The van der Waals surface area contributed by atoms with Crippen molar-refractivity contribution in [3.8, 4) is 0 Å². The third-order valence-electron chi connectivity index (χ3n) is 5.01. The van der Waals surface area contributed by atoms with Gasteiger partial charge >= 0.3 is 0 Å². The van der Waals surface area contributed by atoms with Crippen LogP contribution in [0.5, 0.6) is 0 Å². The number of imidazole rings is 1. The largest absolute Gasteiger partial charge is 0.327 e. The molecular weight excluding hydrogens is 382 g/mol. The van der Waals surface area contributed by atoms with E-state index in [1.165, 1.54) is 30.5 Å². The molecule has 4 rings (SSSR count). The minimum absolute atomic E-state index is 0.189. The van der Waals surface area contributed by atoms with Crippen LogP contribution in [0.15, 0.2) is 47.4 Å². The topological polar surface area (TPSA) is 64.0 Å². The molecule has 0 radical (unpaired) electrons. The van der Waals surface area contributed by atoms with Crippen LogP contribution in [-0.2, 0) is 16.6 Å². The first-order valence-electron chi connectivity index (χ1n) is 9.17. The molecule has 0 saturated heterocycles. The maximum atomic E-state index is 12.7. The summed E-state index contributed by atoms with van der Waals surface area (Å²) in [4.78, 5) is 4.95. The van der Waals surface area contributed by atoms with E-state index in [0.29, 0.717) is 10.9 Å². The zero-order valence-corrected chi connectivity index (χ0v) is 16.9. The number of rotatable bonds is 6. The molecule has 1 aliphatic rings. The summed E-state index contributed by atoms with van der Waals surface area (Å²) < 4.78 is 30.2. The van der Waals surface area contributed by atoms with Crippen molar-refractivity contribution in [1.29, 1.82) is 0 Å². The molecule has 5 nitrogen and oxygen atoms in total. The molecule has 1 aliphatic carbocycles. The first-order valence-corrected chi connectivity index (χ1v) is 11.0. The van der Waals surface area contributed by atoms with Crippen molar-refractivity contribution < 1.29 is 8.42 Å². The van der Waals surface area contributed by atoms with Gasteiger partial charge < -0.3 is 4.57 Å². The van der Waals surface area contributed by atoms with Gasteiger partial charge in [0.2, 0.25) is 10.0 Å². The summed E-state index contributed by atoms with van der Waals surface area (Å²) in [6, 6.07) is 12.1. The molecule has 0 aliphatic heterocycles. The lowest BCUT2D eigenvalue weighted by atomic mass is 10.1. The van der Waals surface area contributed by atoms with Crippen molar-refractivity contribution >= 4 is 32.7 Å². The maximum absolute atomic E-state index is 12.7. The van der Waals surface area contributed by atoms with Gasteiger partial charge in [-0.1, -0.05) is 17.7 Å². The van der Waals surface area contributed by atoms with Gasteiger partial charge in [-0.3, -0.25) is 0 Å². The predicted molar refractivity (Wildman–Crippen MR) is 108 cm³/mol. The summed E-state index contributed by atoms with van der Waals surface area (Å²) in [5.41, 5.74) is 3.28. The van der Waals surface area contributed by atoms with E-state index in [0.717, 1.165) is 23.4 Å². The average Bonchev–Trinajstić information content (AvgIpc) is 3.41. The number of sulfonamides is 1. The molecule has 1 saturated carbocycles. The summed E-state index contributed by atoms with van der Waals surface area (Å²) in [6.07, 6.45) is 2.48. The highest BCUT2D eigenvalue weighted by atomic mass is 35.5. The van der Waals surface area contributed by atoms with Crippen LogP contribution < -0.4 is 4.72 Å². The highest BCUT2D eigenvalue weighted by molar-refractivity contribution is 7.89. The highest BCUT2D eigenvalue weighted by Gasteiger charge is 2.26. The second-order valence-electron chi connectivity index (χ2n) is 7.03. The molecular formula is C20H22ClN3O2S. The highest BCUT2D eigenvalue weighted by Crippen LogP contribution is 2.41. The lowest BCUT2D eigenvalue weighted by Gasteiger charge is -2.15. The number of nitrogens with zero attached hydrogens (tertiary/aromatic N) is 2. The molecule has 27 heavy (non-hydrogen) atoms. The van der Waals surface area contributed by atoms with E-state index in [2.05, 4.69) is 27.5 Å². The van der Waals surface area contributed by atoms with Gasteiger partial charge in [0.25, 0.3) is 0 Å². The molecule has 2 aromatic carbocycles. The Bertz CT molecular complexity index is 1090. The van der Waals surface area contributed by atoms with E-state index >= 15 is 0 Å². The Balaban J connectivity index is 1.67. The second kappa shape index (κ2) is 6.93. The minimum atomic E-state index is -3.66. The smallest absolute Gasteiger partial charge is 0.241 e. The van der Waals surface area contributed by atoms with E-state index in [-0.39, 0.29) is 4.90 Å².